The van der Waals surface area contributed by atoms with Crippen molar-refractivity contribution < 1.29 is 14.2 Å². The molecule has 0 spiro atoms. The van der Waals surface area contributed by atoms with E-state index in [9.17, 15) is 0 Å². The molecule has 2 bridgehead atoms. The van der Waals surface area contributed by atoms with Crippen molar-refractivity contribution in [2.45, 2.75) is 124 Å². The molecule has 2 aliphatic rings. The number of benzene rings is 2. The van der Waals surface area contributed by atoms with Gasteiger partial charge in [-0.05, 0) is 86.5 Å². The highest BCUT2D eigenvalue weighted by atomic mass is 31.1. The summed E-state index contributed by atoms with van der Waals surface area (Å²) in [5.41, 5.74) is 7.08. The first-order valence-electron chi connectivity index (χ1n) is 12.9. The number of hydrogen-bond donors (Lipinski definition) is 0. The van der Waals surface area contributed by atoms with Crippen molar-refractivity contribution >= 4 is 13.2 Å². The van der Waals surface area contributed by atoms with Crippen molar-refractivity contribution in [3.05, 3.63) is 53.1 Å². The van der Waals surface area contributed by atoms with Crippen molar-refractivity contribution in [1.82, 2.24) is 0 Å². The van der Waals surface area contributed by atoms with Gasteiger partial charge in [-0.1, -0.05) is 85.4 Å². The molecule has 0 amide bonds. The van der Waals surface area contributed by atoms with Crippen LogP contribution < -0.4 is 5.30 Å². The van der Waals surface area contributed by atoms with Crippen LogP contribution in [0, 0.1) is 0 Å². The highest BCUT2D eigenvalue weighted by Gasteiger charge is 2.57. The van der Waals surface area contributed by atoms with Crippen LogP contribution in [0.15, 0.2) is 36.4 Å². The van der Waals surface area contributed by atoms with Crippen LogP contribution in [0.5, 0.6) is 0 Å². The Balaban J connectivity index is 0.00000342. The van der Waals surface area contributed by atoms with E-state index in [0.717, 1.165) is 6.42 Å². The van der Waals surface area contributed by atoms with Crippen LogP contribution in [0.3, 0.4) is 0 Å². The van der Waals surface area contributed by atoms with Crippen LogP contribution in [-0.4, -0.2) is 23.3 Å². The molecule has 2 aromatic carbocycles. The summed E-state index contributed by atoms with van der Waals surface area (Å²) in [5, 5.41) is 1.08. The molecule has 2 aliphatic heterocycles. The predicted octanol–water partition coefficient (Wildman–Crippen LogP) is 9.06. The second kappa shape index (κ2) is 10.3. The standard InChI is InChI=1S/C30H43O3P.CH4/c1-18(2)23-15-25(19(3)4)28(26(16-23)20(5)6)24-13-11-12-14-27(24)34-22(8)33-29(9)17-30(34,10)32-21(7)31-29;/h11-16,18-22H,17H2,1-10H3;1H4. The third kappa shape index (κ3) is 5.26. The van der Waals surface area contributed by atoms with Gasteiger partial charge in [0, 0.05) is 6.42 Å². The lowest BCUT2D eigenvalue weighted by molar-refractivity contribution is -0.369. The van der Waals surface area contributed by atoms with E-state index in [1.165, 1.54) is 33.1 Å². The first-order valence-corrected chi connectivity index (χ1v) is 14.4. The smallest absolute Gasteiger partial charge is 0.172 e. The third-order valence-electron chi connectivity index (χ3n) is 7.34. The minimum Gasteiger partial charge on any atom is -0.342 e. The van der Waals surface area contributed by atoms with E-state index >= 15 is 0 Å². The summed E-state index contributed by atoms with van der Waals surface area (Å²) in [6.45, 7) is 22.4. The van der Waals surface area contributed by atoms with E-state index in [0.29, 0.717) is 17.8 Å². The Bertz CT molecular complexity index is 1020. The maximum Gasteiger partial charge on any atom is 0.172 e. The predicted molar refractivity (Wildman–Crippen MR) is 151 cm³/mol. The Morgan fingerprint density at radius 2 is 1.40 bits per heavy atom. The van der Waals surface area contributed by atoms with Gasteiger partial charge < -0.3 is 14.2 Å². The van der Waals surface area contributed by atoms with Crippen LogP contribution in [0.2, 0.25) is 0 Å². The van der Waals surface area contributed by atoms with Crippen molar-refractivity contribution in [2.75, 3.05) is 0 Å². The Hall–Kier alpha value is -1.25. The first kappa shape index (κ1) is 28.3. The van der Waals surface area contributed by atoms with Crippen LogP contribution in [0.4, 0.5) is 0 Å². The summed E-state index contributed by atoms with van der Waals surface area (Å²) in [7, 11) is -0.760. The molecule has 5 atom stereocenters. The van der Waals surface area contributed by atoms with E-state index in [2.05, 4.69) is 98.7 Å². The molecule has 0 saturated carbocycles. The Kier molecular flexibility index (Phi) is 8.30. The van der Waals surface area contributed by atoms with Gasteiger partial charge in [-0.2, -0.15) is 0 Å². The van der Waals surface area contributed by atoms with Gasteiger partial charge in [0.05, 0.1) is 11.2 Å². The third-order valence-corrected chi connectivity index (χ3v) is 10.4. The molecule has 2 fully saturated rings. The van der Waals surface area contributed by atoms with E-state index in [-0.39, 0.29) is 24.9 Å². The Morgan fingerprint density at radius 3 is 1.94 bits per heavy atom. The molecule has 0 aliphatic carbocycles. The van der Waals surface area contributed by atoms with Gasteiger partial charge in [0.15, 0.2) is 12.1 Å². The number of rotatable bonds is 5. The average molecular weight is 499 g/mol. The molecular formula is C31H47O3P. The quantitative estimate of drug-likeness (QED) is 0.385. The second-order valence-electron chi connectivity index (χ2n) is 11.4. The van der Waals surface area contributed by atoms with Gasteiger partial charge >= 0.3 is 0 Å². The van der Waals surface area contributed by atoms with Gasteiger partial charge in [0.1, 0.15) is 0 Å². The Morgan fingerprint density at radius 1 is 0.829 bits per heavy atom. The summed E-state index contributed by atoms with van der Waals surface area (Å²) < 4.78 is 19.2. The maximum absolute atomic E-state index is 6.57. The van der Waals surface area contributed by atoms with E-state index in [4.69, 9.17) is 14.2 Å². The molecule has 0 radical (unpaired) electrons. The van der Waals surface area contributed by atoms with Gasteiger partial charge in [0.25, 0.3) is 0 Å². The molecule has 2 heterocycles. The van der Waals surface area contributed by atoms with Crippen LogP contribution in [0.25, 0.3) is 11.1 Å². The fourth-order valence-corrected chi connectivity index (χ4v) is 9.44. The molecule has 5 unspecified atom stereocenters. The summed E-state index contributed by atoms with van der Waals surface area (Å²) >= 11 is 0. The molecule has 0 N–H and O–H groups in total. The van der Waals surface area contributed by atoms with E-state index in [1.807, 2.05) is 6.92 Å². The Labute approximate surface area is 215 Å². The second-order valence-corrected chi connectivity index (χ2v) is 14.3. The zero-order chi connectivity index (χ0) is 25.0. The fraction of sp³-hybridized carbons (Fsp3) is 0.613. The zero-order valence-electron chi connectivity index (χ0n) is 22.7. The number of ether oxygens (including phenoxy) is 3. The molecule has 4 heteroatoms. The molecule has 3 nitrogen and oxygen atoms in total. The maximum atomic E-state index is 6.57. The van der Waals surface area contributed by atoms with Crippen molar-refractivity contribution in [1.29, 1.82) is 0 Å². The lowest BCUT2D eigenvalue weighted by Crippen LogP contribution is -2.58. The van der Waals surface area contributed by atoms with Crippen LogP contribution >= 0.6 is 7.92 Å². The average Bonchev–Trinajstić information content (AvgIpc) is 2.70. The molecule has 194 valence electrons. The van der Waals surface area contributed by atoms with Crippen LogP contribution in [-0.2, 0) is 14.2 Å². The van der Waals surface area contributed by atoms with Gasteiger partial charge in [-0.3, -0.25) is 0 Å². The van der Waals surface area contributed by atoms with Crippen molar-refractivity contribution in [3.63, 3.8) is 0 Å². The first-order chi connectivity index (χ1) is 15.8. The molecular weight excluding hydrogens is 451 g/mol. The highest BCUT2D eigenvalue weighted by molar-refractivity contribution is 7.67. The molecule has 0 aromatic heterocycles. The summed E-state index contributed by atoms with van der Waals surface area (Å²) in [6, 6.07) is 13.9. The van der Waals surface area contributed by atoms with Crippen LogP contribution in [0.1, 0.15) is 118 Å². The highest BCUT2D eigenvalue weighted by Crippen LogP contribution is 2.65. The largest absolute Gasteiger partial charge is 0.342 e. The SMILES string of the molecule is C.CC1OC2(C)CC(C)(O1)P(c1ccccc1-c1c(C(C)C)cc(C(C)C)cc1C(C)C)C(C)O2. The fourth-order valence-electron chi connectivity index (χ4n) is 6.03. The monoisotopic (exact) mass is 498 g/mol. The van der Waals surface area contributed by atoms with Gasteiger partial charge in [-0.15, -0.1) is 0 Å². The minimum atomic E-state index is -0.760. The lowest BCUT2D eigenvalue weighted by Gasteiger charge is -2.57. The number of fused-ring (bicyclic) bond motifs is 2. The van der Waals surface area contributed by atoms with Gasteiger partial charge in [-0.25, -0.2) is 0 Å². The summed E-state index contributed by atoms with van der Waals surface area (Å²) in [6.07, 6.45) is 0.464. The molecule has 4 rings (SSSR count). The van der Waals surface area contributed by atoms with E-state index < -0.39 is 13.7 Å². The number of hydrogen-bond acceptors (Lipinski definition) is 3. The lowest BCUT2D eigenvalue weighted by atomic mass is 9.82. The zero-order valence-corrected chi connectivity index (χ0v) is 23.6. The topological polar surface area (TPSA) is 27.7 Å². The van der Waals surface area contributed by atoms with E-state index in [1.54, 1.807) is 0 Å². The van der Waals surface area contributed by atoms with Gasteiger partial charge in [0.2, 0.25) is 0 Å². The minimum absolute atomic E-state index is 0. The van der Waals surface area contributed by atoms with Crippen molar-refractivity contribution in [2.24, 2.45) is 0 Å². The molecule has 35 heavy (non-hydrogen) atoms. The summed E-state index contributed by atoms with van der Waals surface area (Å²) in [4.78, 5) is 0. The molecule has 2 aromatic rings. The van der Waals surface area contributed by atoms with Crippen molar-refractivity contribution in [3.8, 4) is 11.1 Å². The summed E-state index contributed by atoms with van der Waals surface area (Å²) in [5.74, 6) is 0.817. The normalized spacial score (nSPS) is 30.6. The molecule has 2 saturated heterocycles.